The number of ether oxygens (including phenoxy) is 3. The molecular weight excluding hydrogens is 520 g/mol. The highest BCUT2D eigenvalue weighted by atomic mass is 16.7. The first-order valence-electron chi connectivity index (χ1n) is 15.0. The molecule has 0 amide bonds. The predicted octanol–water partition coefficient (Wildman–Crippen LogP) is 6.12. The Bertz CT molecular complexity index is 1320. The van der Waals surface area contributed by atoms with E-state index >= 15 is 0 Å². The number of fused-ring (bicyclic) bond motifs is 1. The third kappa shape index (κ3) is 5.84. The summed E-state index contributed by atoms with van der Waals surface area (Å²) in [6.07, 6.45) is 6.68. The number of furan rings is 1. The quantitative estimate of drug-likeness (QED) is 0.228. The predicted molar refractivity (Wildman–Crippen MR) is 159 cm³/mol. The second-order valence-corrected chi connectivity index (χ2v) is 11.8. The van der Waals surface area contributed by atoms with Crippen LogP contribution < -0.4 is 4.74 Å². The van der Waals surface area contributed by atoms with E-state index in [9.17, 15) is 15.3 Å². The summed E-state index contributed by atoms with van der Waals surface area (Å²) in [6, 6.07) is 12.2. The molecule has 0 saturated carbocycles. The number of aliphatic hydroxyl groups excluding tert-OH is 3. The van der Waals surface area contributed by atoms with Gasteiger partial charge < -0.3 is 33.9 Å². The van der Waals surface area contributed by atoms with Gasteiger partial charge in [0.1, 0.15) is 17.9 Å². The summed E-state index contributed by atoms with van der Waals surface area (Å²) in [4.78, 5) is 0. The lowest BCUT2D eigenvalue weighted by atomic mass is 9.80. The second kappa shape index (κ2) is 12.7. The minimum Gasteiger partial charge on any atom is -0.489 e. The molecule has 6 atom stereocenters. The summed E-state index contributed by atoms with van der Waals surface area (Å²) in [7, 11) is 0. The Labute approximate surface area is 242 Å². The first kappa shape index (κ1) is 29.8. The van der Waals surface area contributed by atoms with Gasteiger partial charge in [-0.15, -0.1) is 0 Å². The van der Waals surface area contributed by atoms with Crippen molar-refractivity contribution in [1.82, 2.24) is 0 Å². The number of aliphatic hydroxyl groups is 3. The Balaban J connectivity index is 1.47. The van der Waals surface area contributed by atoms with Crippen molar-refractivity contribution in [2.75, 3.05) is 6.61 Å². The average Bonchev–Trinajstić information content (AvgIpc) is 3.57. The number of epoxide rings is 1. The van der Waals surface area contributed by atoms with E-state index in [0.717, 1.165) is 41.3 Å². The first-order chi connectivity index (χ1) is 19.8. The van der Waals surface area contributed by atoms with Gasteiger partial charge in [0, 0.05) is 23.3 Å². The maximum atomic E-state index is 11.1. The third-order valence-corrected chi connectivity index (χ3v) is 8.51. The van der Waals surface area contributed by atoms with Crippen molar-refractivity contribution in [1.29, 1.82) is 0 Å². The van der Waals surface area contributed by atoms with E-state index in [1.54, 1.807) is 6.26 Å². The molecule has 1 unspecified atom stereocenters. The van der Waals surface area contributed by atoms with Crippen LogP contribution in [-0.2, 0) is 22.5 Å². The van der Waals surface area contributed by atoms with Gasteiger partial charge in [-0.05, 0) is 48.4 Å². The van der Waals surface area contributed by atoms with Crippen LogP contribution in [-0.4, -0.2) is 52.1 Å². The zero-order valence-electron chi connectivity index (χ0n) is 24.6. The summed E-state index contributed by atoms with van der Waals surface area (Å²) in [5.41, 5.74) is 3.29. The first-order valence-corrected chi connectivity index (χ1v) is 15.0. The van der Waals surface area contributed by atoms with Crippen molar-refractivity contribution in [3.05, 3.63) is 71.0 Å². The van der Waals surface area contributed by atoms with Crippen LogP contribution in [0.15, 0.2) is 53.2 Å². The van der Waals surface area contributed by atoms with E-state index in [2.05, 4.69) is 26.8 Å². The van der Waals surface area contributed by atoms with Gasteiger partial charge in [0.25, 0.3) is 0 Å². The van der Waals surface area contributed by atoms with Crippen LogP contribution in [0.5, 0.6) is 5.75 Å². The molecule has 0 radical (unpaired) electrons. The Morgan fingerprint density at radius 3 is 2.56 bits per heavy atom. The van der Waals surface area contributed by atoms with Crippen LogP contribution in [0.4, 0.5) is 0 Å². The molecule has 2 aliphatic heterocycles. The van der Waals surface area contributed by atoms with Crippen LogP contribution in [0.25, 0.3) is 17.0 Å². The van der Waals surface area contributed by atoms with Crippen LogP contribution >= 0.6 is 0 Å². The topological polar surface area (TPSA) is 105 Å². The van der Waals surface area contributed by atoms with Crippen molar-refractivity contribution >= 4 is 17.0 Å². The molecule has 3 aromatic rings. The normalized spacial score (nSPS) is 26.8. The van der Waals surface area contributed by atoms with Gasteiger partial charge in [-0.2, -0.15) is 0 Å². The Morgan fingerprint density at radius 1 is 1.15 bits per heavy atom. The summed E-state index contributed by atoms with van der Waals surface area (Å²) >= 11 is 0. The van der Waals surface area contributed by atoms with E-state index in [4.69, 9.17) is 18.6 Å². The number of rotatable bonds is 12. The molecule has 3 heterocycles. The fourth-order valence-corrected chi connectivity index (χ4v) is 6.51. The molecule has 41 heavy (non-hydrogen) atoms. The van der Waals surface area contributed by atoms with Crippen molar-refractivity contribution in [3.63, 3.8) is 0 Å². The Kier molecular flexibility index (Phi) is 9.21. The smallest absolute Gasteiger partial charge is 0.189 e. The fourth-order valence-electron chi connectivity index (χ4n) is 6.51. The maximum Gasteiger partial charge on any atom is 0.189 e. The summed E-state index contributed by atoms with van der Waals surface area (Å²) in [6.45, 7) is 8.56. The summed E-state index contributed by atoms with van der Waals surface area (Å²) in [5.74, 6) is 0.925. The van der Waals surface area contributed by atoms with Crippen molar-refractivity contribution < 1.29 is 33.9 Å². The van der Waals surface area contributed by atoms with E-state index in [-0.39, 0.29) is 18.6 Å². The molecule has 1 aromatic heterocycles. The molecule has 5 rings (SSSR count). The average molecular weight is 565 g/mol. The zero-order chi connectivity index (χ0) is 29.1. The van der Waals surface area contributed by atoms with Gasteiger partial charge in [-0.1, -0.05) is 70.5 Å². The van der Waals surface area contributed by atoms with Crippen LogP contribution in [0.2, 0.25) is 0 Å². The minimum atomic E-state index is -1.19. The monoisotopic (exact) mass is 564 g/mol. The highest BCUT2D eigenvalue weighted by molar-refractivity contribution is 5.88. The standard InChI is InChI=1S/C34H44O7/c1-5-11-24(28-18-29(36)34(33(37)40-28)30(6-2)41-34)27-20-39-32-25(27)17-23(16-21(3)4)31(26(32)19-35)38-15-10-14-22-12-8-7-9-13-22/h7-10,12-14,17,20-21,24,28-30,33,35-37H,5-6,11,15-16,18-19H2,1-4H3/b14-10+/t24?,28-,29-,30+,33-,34+/m1/s1. The Hall–Kier alpha value is -2.68. The van der Waals surface area contributed by atoms with Gasteiger partial charge in [0.15, 0.2) is 11.9 Å². The van der Waals surface area contributed by atoms with Crippen LogP contribution in [0.3, 0.4) is 0 Å². The zero-order valence-corrected chi connectivity index (χ0v) is 24.6. The summed E-state index contributed by atoms with van der Waals surface area (Å²) < 4.78 is 24.4. The van der Waals surface area contributed by atoms with Gasteiger partial charge >= 0.3 is 0 Å². The lowest BCUT2D eigenvalue weighted by Crippen LogP contribution is -2.53. The van der Waals surface area contributed by atoms with Gasteiger partial charge in [0.05, 0.1) is 36.7 Å². The molecule has 2 aromatic carbocycles. The minimum absolute atomic E-state index is 0.110. The molecule has 2 aliphatic rings. The molecule has 2 fully saturated rings. The van der Waals surface area contributed by atoms with Gasteiger partial charge in [-0.3, -0.25) is 0 Å². The van der Waals surface area contributed by atoms with Crippen LogP contribution in [0.1, 0.15) is 81.5 Å². The van der Waals surface area contributed by atoms with Gasteiger partial charge in [-0.25, -0.2) is 0 Å². The SMILES string of the molecule is CCCC(c1coc2c(CO)c(OC/C=C/c3ccccc3)c(CC(C)C)cc12)[C@H]1C[C@@H](O)[C@@]2(O[C@H]2CC)[C@H](O)O1. The van der Waals surface area contributed by atoms with Crippen molar-refractivity contribution in [2.24, 2.45) is 5.92 Å². The molecule has 7 heteroatoms. The number of hydrogen-bond acceptors (Lipinski definition) is 7. The lowest BCUT2D eigenvalue weighted by Gasteiger charge is -2.39. The van der Waals surface area contributed by atoms with E-state index in [1.165, 1.54) is 0 Å². The molecule has 3 N–H and O–H groups in total. The number of benzene rings is 2. The van der Waals surface area contributed by atoms with Crippen LogP contribution in [0, 0.1) is 5.92 Å². The van der Waals surface area contributed by atoms with Crippen molar-refractivity contribution in [2.45, 2.75) is 103 Å². The van der Waals surface area contributed by atoms with Gasteiger partial charge in [0.2, 0.25) is 0 Å². The molecule has 2 saturated heterocycles. The largest absolute Gasteiger partial charge is 0.489 e. The lowest BCUT2D eigenvalue weighted by molar-refractivity contribution is -0.236. The van der Waals surface area contributed by atoms with E-state index < -0.39 is 24.1 Å². The highest BCUT2D eigenvalue weighted by Crippen LogP contribution is 2.52. The van der Waals surface area contributed by atoms with E-state index in [0.29, 0.717) is 42.3 Å². The fraction of sp³-hybridized carbons (Fsp3) is 0.529. The summed E-state index contributed by atoms with van der Waals surface area (Å²) in [5, 5.41) is 33.4. The molecular formula is C34H44O7. The second-order valence-electron chi connectivity index (χ2n) is 11.8. The number of hydrogen-bond donors (Lipinski definition) is 3. The van der Waals surface area contributed by atoms with E-state index in [1.807, 2.05) is 49.4 Å². The molecule has 222 valence electrons. The molecule has 7 nitrogen and oxygen atoms in total. The molecule has 1 spiro atoms. The maximum absolute atomic E-state index is 11.1. The Morgan fingerprint density at radius 2 is 1.93 bits per heavy atom. The molecule has 0 aliphatic carbocycles. The molecule has 0 bridgehead atoms. The van der Waals surface area contributed by atoms with Crippen molar-refractivity contribution in [3.8, 4) is 5.75 Å². The highest BCUT2D eigenvalue weighted by Gasteiger charge is 2.68. The third-order valence-electron chi connectivity index (χ3n) is 8.51.